The molecule has 0 saturated carbocycles. The van der Waals surface area contributed by atoms with Crippen LogP contribution in [-0.4, -0.2) is 24.2 Å². The summed E-state index contributed by atoms with van der Waals surface area (Å²) < 4.78 is 11.6. The molecule has 0 aliphatic carbocycles. The van der Waals surface area contributed by atoms with Crippen LogP contribution < -0.4 is 5.32 Å². The highest BCUT2D eigenvalue weighted by molar-refractivity contribution is 5.75. The number of para-hydroxylation sites is 1. The largest absolute Gasteiger partial charge is 0.438 e. The van der Waals surface area contributed by atoms with Gasteiger partial charge in [-0.05, 0) is 44.5 Å². The fraction of sp³-hybridized carbons (Fsp3) is 0.500. The van der Waals surface area contributed by atoms with Crippen molar-refractivity contribution in [3.05, 3.63) is 29.7 Å². The number of nitrogens with zero attached hydrogens (tertiary/aromatic N) is 1. The third kappa shape index (κ3) is 2.40. The first-order valence-electron chi connectivity index (χ1n) is 6.50. The molecule has 4 heteroatoms. The summed E-state index contributed by atoms with van der Waals surface area (Å²) in [6.45, 7) is 4.58. The summed E-state index contributed by atoms with van der Waals surface area (Å²) in [6, 6.07) is 6.00. The van der Waals surface area contributed by atoms with Crippen molar-refractivity contribution < 1.29 is 9.15 Å². The average Bonchev–Trinajstić information content (AvgIpc) is 2.82. The second kappa shape index (κ2) is 5.08. The number of aryl methyl sites for hydroxylation is 1. The zero-order chi connectivity index (χ0) is 12.4. The van der Waals surface area contributed by atoms with Gasteiger partial charge in [-0.15, -0.1) is 0 Å². The summed E-state index contributed by atoms with van der Waals surface area (Å²) in [5.41, 5.74) is 2.91. The van der Waals surface area contributed by atoms with Gasteiger partial charge in [0, 0.05) is 0 Å². The van der Waals surface area contributed by atoms with Crippen molar-refractivity contribution in [2.24, 2.45) is 0 Å². The van der Waals surface area contributed by atoms with Crippen LogP contribution in [0.4, 0.5) is 0 Å². The molecule has 1 saturated heterocycles. The SMILES string of the molecule is Cc1cccc2nc(COC3CCNCC3)oc12. The Morgan fingerprint density at radius 2 is 2.22 bits per heavy atom. The fourth-order valence-electron chi connectivity index (χ4n) is 2.35. The van der Waals surface area contributed by atoms with Gasteiger partial charge in [-0.25, -0.2) is 4.98 Å². The highest BCUT2D eigenvalue weighted by atomic mass is 16.5. The lowest BCUT2D eigenvalue weighted by Crippen LogP contribution is -2.32. The number of oxazole rings is 1. The van der Waals surface area contributed by atoms with Crippen molar-refractivity contribution in [1.29, 1.82) is 0 Å². The molecule has 2 aromatic rings. The summed E-state index contributed by atoms with van der Waals surface area (Å²) in [4.78, 5) is 4.45. The van der Waals surface area contributed by atoms with E-state index in [0.29, 0.717) is 18.6 Å². The number of piperidine rings is 1. The van der Waals surface area contributed by atoms with Crippen molar-refractivity contribution in [2.75, 3.05) is 13.1 Å². The normalized spacial score (nSPS) is 17.4. The number of hydrogen-bond acceptors (Lipinski definition) is 4. The van der Waals surface area contributed by atoms with Crippen LogP contribution in [-0.2, 0) is 11.3 Å². The summed E-state index contributed by atoms with van der Waals surface area (Å²) in [5.74, 6) is 0.679. The molecule has 1 aliphatic rings. The molecule has 1 aromatic carbocycles. The Morgan fingerprint density at radius 3 is 3.00 bits per heavy atom. The van der Waals surface area contributed by atoms with Crippen LogP contribution in [0, 0.1) is 6.92 Å². The first-order chi connectivity index (χ1) is 8.83. The van der Waals surface area contributed by atoms with Crippen molar-refractivity contribution in [3.8, 4) is 0 Å². The predicted octanol–water partition coefficient (Wildman–Crippen LogP) is 2.40. The number of nitrogens with one attached hydrogen (secondary N) is 1. The maximum absolute atomic E-state index is 5.84. The quantitative estimate of drug-likeness (QED) is 0.903. The van der Waals surface area contributed by atoms with E-state index in [-0.39, 0.29) is 0 Å². The van der Waals surface area contributed by atoms with E-state index in [1.54, 1.807) is 0 Å². The molecule has 1 fully saturated rings. The van der Waals surface area contributed by atoms with Gasteiger partial charge in [0.25, 0.3) is 0 Å². The maximum Gasteiger partial charge on any atom is 0.221 e. The Kier molecular flexibility index (Phi) is 3.30. The monoisotopic (exact) mass is 246 g/mol. The molecule has 1 aliphatic heterocycles. The lowest BCUT2D eigenvalue weighted by molar-refractivity contribution is 0.0113. The number of ether oxygens (including phenoxy) is 1. The van der Waals surface area contributed by atoms with Crippen LogP contribution in [0.1, 0.15) is 24.3 Å². The molecule has 0 radical (unpaired) electrons. The highest BCUT2D eigenvalue weighted by Gasteiger charge is 2.15. The second-order valence-electron chi connectivity index (χ2n) is 4.79. The minimum Gasteiger partial charge on any atom is -0.438 e. The molecule has 18 heavy (non-hydrogen) atoms. The lowest BCUT2D eigenvalue weighted by Gasteiger charge is -2.22. The van der Waals surface area contributed by atoms with Crippen LogP contribution >= 0.6 is 0 Å². The van der Waals surface area contributed by atoms with Gasteiger partial charge in [0.2, 0.25) is 5.89 Å². The molecule has 96 valence electrons. The third-order valence-corrected chi connectivity index (χ3v) is 3.38. The number of fused-ring (bicyclic) bond motifs is 1. The standard InChI is InChI=1S/C14H18N2O2/c1-10-3-2-4-12-14(10)18-13(16-12)9-17-11-5-7-15-8-6-11/h2-4,11,15H,5-9H2,1H3. The summed E-state index contributed by atoms with van der Waals surface area (Å²) >= 11 is 0. The van der Waals surface area contributed by atoms with Gasteiger partial charge in [0.1, 0.15) is 12.1 Å². The Bertz CT molecular complexity index is 530. The Labute approximate surface area is 106 Å². The van der Waals surface area contributed by atoms with Crippen LogP contribution in [0.2, 0.25) is 0 Å². The molecule has 4 nitrogen and oxygen atoms in total. The molecular weight excluding hydrogens is 228 g/mol. The maximum atomic E-state index is 5.84. The Hall–Kier alpha value is -1.39. The summed E-state index contributed by atoms with van der Waals surface area (Å²) in [7, 11) is 0. The Morgan fingerprint density at radius 1 is 1.39 bits per heavy atom. The van der Waals surface area contributed by atoms with Crippen LogP contribution in [0.25, 0.3) is 11.1 Å². The molecule has 0 amide bonds. The molecule has 0 unspecified atom stereocenters. The minimum absolute atomic E-state index is 0.336. The van der Waals surface area contributed by atoms with Gasteiger partial charge in [-0.3, -0.25) is 0 Å². The van der Waals surface area contributed by atoms with Crippen LogP contribution in [0.5, 0.6) is 0 Å². The third-order valence-electron chi connectivity index (χ3n) is 3.38. The van der Waals surface area contributed by atoms with E-state index in [2.05, 4.69) is 10.3 Å². The molecule has 1 aromatic heterocycles. The van der Waals surface area contributed by atoms with Gasteiger partial charge in [0.05, 0.1) is 6.10 Å². The minimum atomic E-state index is 0.336. The summed E-state index contributed by atoms with van der Waals surface area (Å²) in [5, 5.41) is 3.32. The van der Waals surface area contributed by atoms with Crippen molar-refractivity contribution in [2.45, 2.75) is 32.5 Å². The molecular formula is C14H18N2O2. The zero-order valence-electron chi connectivity index (χ0n) is 10.6. The number of rotatable bonds is 3. The topological polar surface area (TPSA) is 47.3 Å². The van der Waals surface area contributed by atoms with E-state index in [4.69, 9.17) is 9.15 Å². The number of benzene rings is 1. The molecule has 1 N–H and O–H groups in total. The van der Waals surface area contributed by atoms with Crippen molar-refractivity contribution >= 4 is 11.1 Å². The number of hydrogen-bond donors (Lipinski definition) is 1. The van der Waals surface area contributed by atoms with E-state index >= 15 is 0 Å². The summed E-state index contributed by atoms with van der Waals surface area (Å²) in [6.07, 6.45) is 2.47. The zero-order valence-corrected chi connectivity index (χ0v) is 10.6. The van der Waals surface area contributed by atoms with Crippen molar-refractivity contribution in [3.63, 3.8) is 0 Å². The average molecular weight is 246 g/mol. The molecule has 0 bridgehead atoms. The van der Waals surface area contributed by atoms with Crippen LogP contribution in [0.3, 0.4) is 0 Å². The molecule has 0 atom stereocenters. The first-order valence-corrected chi connectivity index (χ1v) is 6.50. The highest BCUT2D eigenvalue weighted by Crippen LogP contribution is 2.20. The lowest BCUT2D eigenvalue weighted by atomic mass is 10.1. The van der Waals surface area contributed by atoms with Gasteiger partial charge in [-0.2, -0.15) is 0 Å². The smallest absolute Gasteiger partial charge is 0.221 e. The predicted molar refractivity (Wildman–Crippen MR) is 69.4 cm³/mol. The molecule has 2 heterocycles. The van der Waals surface area contributed by atoms with Gasteiger partial charge < -0.3 is 14.5 Å². The van der Waals surface area contributed by atoms with E-state index in [1.807, 2.05) is 25.1 Å². The fourth-order valence-corrected chi connectivity index (χ4v) is 2.35. The van der Waals surface area contributed by atoms with E-state index < -0.39 is 0 Å². The van der Waals surface area contributed by atoms with Gasteiger partial charge in [-0.1, -0.05) is 12.1 Å². The van der Waals surface area contributed by atoms with Gasteiger partial charge in [0.15, 0.2) is 5.58 Å². The van der Waals surface area contributed by atoms with Crippen molar-refractivity contribution in [1.82, 2.24) is 10.3 Å². The number of aromatic nitrogens is 1. The van der Waals surface area contributed by atoms with E-state index in [1.165, 1.54) is 0 Å². The molecule has 0 spiro atoms. The Balaban J connectivity index is 1.69. The van der Waals surface area contributed by atoms with Gasteiger partial charge >= 0.3 is 0 Å². The second-order valence-corrected chi connectivity index (χ2v) is 4.79. The van der Waals surface area contributed by atoms with E-state index in [0.717, 1.165) is 42.6 Å². The molecule has 3 rings (SSSR count). The van der Waals surface area contributed by atoms with E-state index in [9.17, 15) is 0 Å². The van der Waals surface area contributed by atoms with Crippen LogP contribution in [0.15, 0.2) is 22.6 Å². The first kappa shape index (κ1) is 11.7.